The average Bonchev–Trinajstić information content (AvgIpc) is 2.48. The lowest BCUT2D eigenvalue weighted by molar-refractivity contribution is -0.137. The number of carbonyl (C=O) groups excluding carboxylic acids is 1. The van der Waals surface area contributed by atoms with Gasteiger partial charge in [0.05, 0.1) is 10.6 Å². The second-order valence-electron chi connectivity index (χ2n) is 4.62. The smallest absolute Gasteiger partial charge is 0.390 e. The van der Waals surface area contributed by atoms with Gasteiger partial charge in [-0.2, -0.15) is 18.4 Å². The number of hydrogen-bond acceptors (Lipinski definition) is 3. The molecule has 0 saturated heterocycles. The number of carbonyl (C=O) groups is 1. The van der Waals surface area contributed by atoms with E-state index in [0.29, 0.717) is 6.54 Å². The Bertz CT molecular complexity index is 636. The van der Waals surface area contributed by atoms with Gasteiger partial charge in [0.1, 0.15) is 11.6 Å². The molecule has 0 bridgehead atoms. The molecule has 1 amide bonds. The van der Waals surface area contributed by atoms with E-state index in [1.54, 1.807) is 6.07 Å². The summed E-state index contributed by atoms with van der Waals surface area (Å²) >= 11 is 5.50. The summed E-state index contributed by atoms with van der Waals surface area (Å²) in [7, 11) is 0. The molecule has 0 radical (unpaired) electrons. The summed E-state index contributed by atoms with van der Waals surface area (Å²) in [6.45, 7) is 2.58. The van der Waals surface area contributed by atoms with E-state index >= 15 is 0 Å². The molecule has 1 rings (SSSR count). The molecule has 4 nitrogen and oxygen atoms in total. The maximum absolute atomic E-state index is 12.8. The Morgan fingerprint density at radius 2 is 2.13 bits per heavy atom. The summed E-state index contributed by atoms with van der Waals surface area (Å²) in [6.07, 6.45) is -1.58. The Balaban J connectivity index is 2.86. The van der Waals surface area contributed by atoms with Crippen LogP contribution in [-0.2, 0) is 11.0 Å². The number of nitrogens with zero attached hydrogens (tertiary/aromatic N) is 1. The lowest BCUT2D eigenvalue weighted by atomic mass is 10.2. The van der Waals surface area contributed by atoms with E-state index in [9.17, 15) is 18.0 Å². The van der Waals surface area contributed by atoms with Gasteiger partial charge in [-0.25, -0.2) is 0 Å². The Kier molecular flexibility index (Phi) is 6.91. The molecule has 1 aromatic carbocycles. The molecule has 1 aromatic rings. The molecule has 2 N–H and O–H groups in total. The van der Waals surface area contributed by atoms with Crippen LogP contribution in [-0.4, -0.2) is 12.5 Å². The number of rotatable bonds is 6. The minimum atomic E-state index is -4.63. The monoisotopic (exact) mass is 345 g/mol. The van der Waals surface area contributed by atoms with Crippen molar-refractivity contribution < 1.29 is 18.0 Å². The van der Waals surface area contributed by atoms with Crippen molar-refractivity contribution in [3.05, 3.63) is 40.6 Å². The molecule has 124 valence electrons. The Morgan fingerprint density at radius 1 is 1.43 bits per heavy atom. The highest BCUT2D eigenvalue weighted by Gasteiger charge is 2.33. The van der Waals surface area contributed by atoms with Crippen molar-refractivity contribution in [2.45, 2.75) is 25.9 Å². The molecule has 0 unspecified atom stereocenters. The first-order valence-corrected chi connectivity index (χ1v) is 7.19. The fourth-order valence-corrected chi connectivity index (χ4v) is 1.85. The molecule has 0 aliphatic carbocycles. The molecule has 0 atom stereocenters. The van der Waals surface area contributed by atoms with Gasteiger partial charge >= 0.3 is 6.18 Å². The van der Waals surface area contributed by atoms with Crippen molar-refractivity contribution in [1.29, 1.82) is 5.26 Å². The van der Waals surface area contributed by atoms with E-state index < -0.39 is 22.7 Å². The lowest BCUT2D eigenvalue weighted by Crippen LogP contribution is -2.17. The molecule has 0 fully saturated rings. The highest BCUT2D eigenvalue weighted by atomic mass is 35.5. The number of hydrogen-bond donors (Lipinski definition) is 2. The Labute approximate surface area is 136 Å². The van der Waals surface area contributed by atoms with Gasteiger partial charge in [-0.1, -0.05) is 24.9 Å². The predicted octanol–water partition coefficient (Wildman–Crippen LogP) is 4.09. The van der Waals surface area contributed by atoms with Gasteiger partial charge in [0.2, 0.25) is 0 Å². The fraction of sp³-hybridized carbons (Fsp3) is 0.333. The molecule has 8 heteroatoms. The summed E-state index contributed by atoms with van der Waals surface area (Å²) in [6, 6.07) is 4.68. The maximum atomic E-state index is 12.8. The van der Waals surface area contributed by atoms with Crippen LogP contribution >= 0.6 is 11.6 Å². The number of nitrogens with one attached hydrogen (secondary N) is 2. The number of halogens is 4. The number of anilines is 1. The Morgan fingerprint density at radius 3 is 2.70 bits per heavy atom. The van der Waals surface area contributed by atoms with Crippen LogP contribution in [0.4, 0.5) is 18.9 Å². The van der Waals surface area contributed by atoms with Crippen LogP contribution in [0.25, 0.3) is 0 Å². The summed E-state index contributed by atoms with van der Waals surface area (Å²) in [5, 5.41) is 13.5. The molecular formula is C15H15ClF3N3O. The zero-order chi connectivity index (χ0) is 17.5. The molecule has 0 aliphatic heterocycles. The molecule has 23 heavy (non-hydrogen) atoms. The number of benzene rings is 1. The van der Waals surface area contributed by atoms with Crippen LogP contribution < -0.4 is 10.6 Å². The molecule has 0 saturated carbocycles. The number of unbranched alkanes of at least 4 members (excludes halogenated alkanes) is 1. The average molecular weight is 346 g/mol. The van der Waals surface area contributed by atoms with Crippen LogP contribution in [0.15, 0.2) is 30.0 Å². The summed E-state index contributed by atoms with van der Waals surface area (Å²) in [5.74, 6) is -0.799. The predicted molar refractivity (Wildman–Crippen MR) is 81.7 cm³/mol. The largest absolute Gasteiger partial charge is 0.417 e. The van der Waals surface area contributed by atoms with E-state index in [0.717, 1.165) is 25.0 Å². The number of amides is 1. The van der Waals surface area contributed by atoms with Crippen molar-refractivity contribution in [3.8, 4) is 6.07 Å². The zero-order valence-corrected chi connectivity index (χ0v) is 13.1. The van der Waals surface area contributed by atoms with Crippen LogP contribution in [0, 0.1) is 11.3 Å². The third-order valence-corrected chi connectivity index (χ3v) is 3.15. The SMILES string of the molecule is CCCCN/C=C(/C#N)C(=O)Nc1ccc(Cl)c(C(F)(F)F)c1. The van der Waals surface area contributed by atoms with Crippen LogP contribution in [0.2, 0.25) is 5.02 Å². The molecule has 0 aliphatic rings. The highest BCUT2D eigenvalue weighted by Crippen LogP contribution is 2.36. The standard InChI is InChI=1S/C15H15ClF3N3O/c1-2-3-6-21-9-10(8-20)14(23)22-11-4-5-13(16)12(7-11)15(17,18)19/h4-5,7,9,21H,2-3,6H2,1H3,(H,22,23)/b10-9-. The lowest BCUT2D eigenvalue weighted by Gasteiger charge is -2.11. The van der Waals surface area contributed by atoms with E-state index in [1.807, 2.05) is 6.92 Å². The molecule has 0 heterocycles. The zero-order valence-electron chi connectivity index (χ0n) is 12.3. The minimum Gasteiger partial charge on any atom is -0.390 e. The van der Waals surface area contributed by atoms with E-state index in [-0.39, 0.29) is 11.3 Å². The van der Waals surface area contributed by atoms with E-state index in [1.165, 1.54) is 12.3 Å². The van der Waals surface area contributed by atoms with Crippen molar-refractivity contribution in [2.24, 2.45) is 0 Å². The van der Waals surface area contributed by atoms with Gasteiger partial charge in [-0.05, 0) is 24.6 Å². The first kappa shape index (κ1) is 18.8. The van der Waals surface area contributed by atoms with Crippen molar-refractivity contribution >= 4 is 23.2 Å². The quantitative estimate of drug-likeness (QED) is 0.463. The van der Waals surface area contributed by atoms with Gasteiger partial charge in [-0.15, -0.1) is 0 Å². The Hall–Kier alpha value is -2.20. The van der Waals surface area contributed by atoms with Crippen molar-refractivity contribution in [1.82, 2.24) is 5.32 Å². The van der Waals surface area contributed by atoms with Gasteiger partial charge in [0.15, 0.2) is 0 Å². The van der Waals surface area contributed by atoms with Crippen LogP contribution in [0.1, 0.15) is 25.3 Å². The minimum absolute atomic E-state index is 0.0959. The van der Waals surface area contributed by atoms with E-state index in [2.05, 4.69) is 10.6 Å². The van der Waals surface area contributed by atoms with Crippen LogP contribution in [0.3, 0.4) is 0 Å². The number of alkyl halides is 3. The summed E-state index contributed by atoms with van der Waals surface area (Å²) in [4.78, 5) is 11.9. The van der Waals surface area contributed by atoms with Gasteiger partial charge in [-0.3, -0.25) is 4.79 Å². The molecular weight excluding hydrogens is 331 g/mol. The van der Waals surface area contributed by atoms with E-state index in [4.69, 9.17) is 16.9 Å². The van der Waals surface area contributed by atoms with Crippen molar-refractivity contribution in [2.75, 3.05) is 11.9 Å². The van der Waals surface area contributed by atoms with Crippen LogP contribution in [0.5, 0.6) is 0 Å². The maximum Gasteiger partial charge on any atom is 0.417 e. The summed E-state index contributed by atoms with van der Waals surface area (Å²) in [5.41, 5.74) is -1.38. The number of nitriles is 1. The third-order valence-electron chi connectivity index (χ3n) is 2.82. The topological polar surface area (TPSA) is 64.9 Å². The highest BCUT2D eigenvalue weighted by molar-refractivity contribution is 6.31. The second-order valence-corrected chi connectivity index (χ2v) is 5.03. The fourth-order valence-electron chi connectivity index (χ4n) is 1.62. The molecule has 0 aromatic heterocycles. The molecule has 0 spiro atoms. The van der Waals surface area contributed by atoms with Crippen molar-refractivity contribution in [3.63, 3.8) is 0 Å². The normalized spacial score (nSPS) is 11.7. The second kappa shape index (κ2) is 8.44. The van der Waals surface area contributed by atoms with Gasteiger partial charge in [0, 0.05) is 18.4 Å². The third kappa shape index (κ3) is 5.83. The first-order valence-electron chi connectivity index (χ1n) is 6.81. The first-order chi connectivity index (χ1) is 10.8. The van der Waals surface area contributed by atoms with Gasteiger partial charge < -0.3 is 10.6 Å². The van der Waals surface area contributed by atoms with Gasteiger partial charge in [0.25, 0.3) is 5.91 Å². The summed E-state index contributed by atoms with van der Waals surface area (Å²) < 4.78 is 38.3.